The minimum absolute atomic E-state index is 0.146. The molecule has 122 valence electrons. The molecule has 0 radical (unpaired) electrons. The Bertz CT molecular complexity index is 795. The van der Waals surface area contributed by atoms with E-state index < -0.39 is 23.2 Å². The molecule has 0 bridgehead atoms. The first kappa shape index (κ1) is 16.8. The average Bonchev–Trinajstić information content (AvgIpc) is 2.45. The first-order valence-electron chi connectivity index (χ1n) is 6.84. The van der Waals surface area contributed by atoms with Gasteiger partial charge in [-0.05, 0) is 37.6 Å². The van der Waals surface area contributed by atoms with Crippen LogP contribution in [0.15, 0.2) is 35.1 Å². The number of aromatic amines is 1. The number of hydrogen-bond acceptors (Lipinski definition) is 2. The van der Waals surface area contributed by atoms with Crippen molar-refractivity contribution in [2.45, 2.75) is 26.6 Å². The molecule has 0 aliphatic heterocycles. The molecular weight excluding hydrogens is 309 g/mol. The predicted molar refractivity (Wildman–Crippen MR) is 79.2 cm³/mol. The zero-order chi connectivity index (χ0) is 17.2. The molecule has 0 unspecified atom stereocenters. The van der Waals surface area contributed by atoms with Gasteiger partial charge in [-0.1, -0.05) is 12.1 Å². The molecule has 0 aliphatic rings. The van der Waals surface area contributed by atoms with Gasteiger partial charge in [-0.25, -0.2) is 0 Å². The number of aryl methyl sites for hydroxylation is 2. The van der Waals surface area contributed by atoms with E-state index >= 15 is 0 Å². The van der Waals surface area contributed by atoms with E-state index in [1.165, 1.54) is 12.1 Å². The lowest BCUT2D eigenvalue weighted by Gasteiger charge is -2.13. The summed E-state index contributed by atoms with van der Waals surface area (Å²) in [6.45, 7) is 3.27. The van der Waals surface area contributed by atoms with Gasteiger partial charge in [-0.2, -0.15) is 13.2 Å². The van der Waals surface area contributed by atoms with Crippen LogP contribution in [0.5, 0.6) is 0 Å². The summed E-state index contributed by atoms with van der Waals surface area (Å²) in [4.78, 5) is 26.5. The fraction of sp³-hybridized carbons (Fsp3) is 0.250. The number of alkyl halides is 3. The quantitative estimate of drug-likeness (QED) is 0.912. The maximum atomic E-state index is 12.9. The number of carbonyl (C=O) groups is 1. The summed E-state index contributed by atoms with van der Waals surface area (Å²) >= 11 is 0. The van der Waals surface area contributed by atoms with Crippen molar-refractivity contribution < 1.29 is 18.0 Å². The largest absolute Gasteiger partial charge is 0.417 e. The lowest BCUT2D eigenvalue weighted by molar-refractivity contribution is -0.137. The van der Waals surface area contributed by atoms with E-state index in [9.17, 15) is 22.8 Å². The van der Waals surface area contributed by atoms with E-state index in [1.807, 2.05) is 0 Å². The van der Waals surface area contributed by atoms with Gasteiger partial charge in [0, 0.05) is 17.8 Å². The van der Waals surface area contributed by atoms with E-state index in [1.54, 1.807) is 19.9 Å². The normalized spacial score (nSPS) is 11.3. The van der Waals surface area contributed by atoms with Crippen molar-refractivity contribution in [2.75, 3.05) is 0 Å². The van der Waals surface area contributed by atoms with Crippen LogP contribution >= 0.6 is 0 Å². The molecule has 0 saturated heterocycles. The van der Waals surface area contributed by atoms with Crippen LogP contribution in [0.2, 0.25) is 0 Å². The predicted octanol–water partition coefficient (Wildman–Crippen LogP) is 2.94. The van der Waals surface area contributed by atoms with Crippen LogP contribution in [-0.4, -0.2) is 10.9 Å². The number of benzene rings is 1. The molecule has 0 atom stereocenters. The summed E-state index contributed by atoms with van der Waals surface area (Å²) < 4.78 is 38.7. The van der Waals surface area contributed by atoms with E-state index in [0.717, 1.165) is 12.1 Å². The monoisotopic (exact) mass is 324 g/mol. The second kappa shape index (κ2) is 6.28. The third kappa shape index (κ3) is 3.80. The number of hydrogen-bond donors (Lipinski definition) is 2. The summed E-state index contributed by atoms with van der Waals surface area (Å²) in [5, 5.41) is 2.37. The maximum Gasteiger partial charge on any atom is 0.417 e. The molecule has 2 aromatic rings. The van der Waals surface area contributed by atoms with Crippen LogP contribution in [0.4, 0.5) is 13.2 Å². The molecule has 23 heavy (non-hydrogen) atoms. The van der Waals surface area contributed by atoms with Crippen LogP contribution in [-0.2, 0) is 12.7 Å². The van der Waals surface area contributed by atoms with Crippen molar-refractivity contribution >= 4 is 5.91 Å². The molecule has 2 rings (SSSR count). The Morgan fingerprint density at radius 2 is 1.87 bits per heavy atom. The third-order valence-corrected chi connectivity index (χ3v) is 3.40. The van der Waals surface area contributed by atoms with Gasteiger partial charge >= 0.3 is 6.18 Å². The van der Waals surface area contributed by atoms with Crippen molar-refractivity contribution in [2.24, 2.45) is 0 Å². The summed E-state index contributed by atoms with van der Waals surface area (Å²) in [7, 11) is 0. The summed E-state index contributed by atoms with van der Waals surface area (Å²) in [6.07, 6.45) is -4.62. The van der Waals surface area contributed by atoms with Crippen molar-refractivity contribution in [1.29, 1.82) is 0 Å². The molecule has 7 heteroatoms. The highest BCUT2D eigenvalue weighted by Gasteiger charge is 2.34. The highest BCUT2D eigenvalue weighted by molar-refractivity contribution is 5.95. The van der Waals surface area contributed by atoms with Crippen molar-refractivity contribution in [3.63, 3.8) is 0 Å². The van der Waals surface area contributed by atoms with Crippen LogP contribution in [0.3, 0.4) is 0 Å². The van der Waals surface area contributed by atoms with Crippen molar-refractivity contribution in [3.8, 4) is 0 Å². The summed E-state index contributed by atoms with van der Waals surface area (Å²) in [5.74, 6) is -0.878. The number of pyridine rings is 1. The van der Waals surface area contributed by atoms with Gasteiger partial charge in [0.05, 0.1) is 11.1 Å². The molecule has 1 heterocycles. The number of amides is 1. The standard InChI is InChI=1S/C16H15F3N2O2/c1-9-7-10(2)21-15(23)12(9)8-20-14(22)11-5-3-4-6-13(11)16(17,18)19/h3-7H,8H2,1-2H3,(H,20,22)(H,21,23). The molecule has 0 spiro atoms. The molecule has 1 aromatic carbocycles. The first-order valence-corrected chi connectivity index (χ1v) is 6.84. The van der Waals surface area contributed by atoms with E-state index in [0.29, 0.717) is 16.8 Å². The zero-order valence-corrected chi connectivity index (χ0v) is 12.5. The number of aromatic nitrogens is 1. The molecule has 0 fully saturated rings. The van der Waals surface area contributed by atoms with Crippen molar-refractivity contribution in [1.82, 2.24) is 10.3 Å². The Morgan fingerprint density at radius 3 is 2.48 bits per heavy atom. The topological polar surface area (TPSA) is 62.0 Å². The molecule has 1 amide bonds. The number of carbonyl (C=O) groups excluding carboxylic acids is 1. The highest BCUT2D eigenvalue weighted by Crippen LogP contribution is 2.31. The molecule has 1 aromatic heterocycles. The Labute approximate surface area is 130 Å². The Morgan fingerprint density at radius 1 is 1.22 bits per heavy atom. The van der Waals surface area contributed by atoms with Gasteiger partial charge in [-0.15, -0.1) is 0 Å². The lowest BCUT2D eigenvalue weighted by Crippen LogP contribution is -2.29. The first-order chi connectivity index (χ1) is 10.7. The number of nitrogens with one attached hydrogen (secondary N) is 2. The van der Waals surface area contributed by atoms with Crippen molar-refractivity contribution in [3.05, 3.63) is 68.6 Å². The summed E-state index contributed by atoms with van der Waals surface area (Å²) in [6, 6.07) is 6.25. The van der Waals surface area contributed by atoms with Gasteiger partial charge in [0.1, 0.15) is 0 Å². The van der Waals surface area contributed by atoms with E-state index in [-0.39, 0.29) is 12.1 Å². The number of H-pyrrole nitrogens is 1. The van der Waals surface area contributed by atoms with Crippen LogP contribution in [0, 0.1) is 13.8 Å². The zero-order valence-electron chi connectivity index (χ0n) is 12.5. The Kier molecular flexibility index (Phi) is 4.58. The smallest absolute Gasteiger partial charge is 0.348 e. The molecule has 2 N–H and O–H groups in total. The highest BCUT2D eigenvalue weighted by atomic mass is 19.4. The van der Waals surface area contributed by atoms with Gasteiger partial charge < -0.3 is 10.3 Å². The van der Waals surface area contributed by atoms with E-state index in [2.05, 4.69) is 10.3 Å². The Balaban J connectivity index is 2.24. The summed E-state index contributed by atoms with van der Waals surface area (Å²) in [5.41, 5.74) is -0.200. The molecule has 0 saturated carbocycles. The fourth-order valence-electron chi connectivity index (χ4n) is 2.29. The molecule has 0 aliphatic carbocycles. The number of rotatable bonds is 3. The average molecular weight is 324 g/mol. The molecular formula is C16H15F3N2O2. The maximum absolute atomic E-state index is 12.9. The minimum atomic E-state index is -4.62. The van der Waals surface area contributed by atoms with Gasteiger partial charge in [0.15, 0.2) is 0 Å². The minimum Gasteiger partial charge on any atom is -0.348 e. The van der Waals surface area contributed by atoms with Crippen LogP contribution in [0.1, 0.15) is 32.7 Å². The second-order valence-electron chi connectivity index (χ2n) is 5.17. The van der Waals surface area contributed by atoms with Gasteiger partial charge in [0.25, 0.3) is 11.5 Å². The SMILES string of the molecule is Cc1cc(C)c(CNC(=O)c2ccccc2C(F)(F)F)c(=O)[nH]1. The number of halogens is 3. The van der Waals surface area contributed by atoms with Gasteiger partial charge in [0.2, 0.25) is 0 Å². The fourth-order valence-corrected chi connectivity index (χ4v) is 2.29. The lowest BCUT2D eigenvalue weighted by atomic mass is 10.1. The van der Waals surface area contributed by atoms with Crippen LogP contribution < -0.4 is 10.9 Å². The van der Waals surface area contributed by atoms with Crippen LogP contribution in [0.25, 0.3) is 0 Å². The molecule has 4 nitrogen and oxygen atoms in total. The van der Waals surface area contributed by atoms with E-state index in [4.69, 9.17) is 0 Å². The third-order valence-electron chi connectivity index (χ3n) is 3.40. The second-order valence-corrected chi connectivity index (χ2v) is 5.17. The van der Waals surface area contributed by atoms with Gasteiger partial charge in [-0.3, -0.25) is 9.59 Å². The Hall–Kier alpha value is -2.57.